The summed E-state index contributed by atoms with van der Waals surface area (Å²) in [6.07, 6.45) is 7.61. The van der Waals surface area contributed by atoms with Crippen LogP contribution in [0.4, 0.5) is 0 Å². The van der Waals surface area contributed by atoms with Gasteiger partial charge in [-0.1, -0.05) is 20.8 Å². The number of hydrogen-bond acceptors (Lipinski definition) is 2. The van der Waals surface area contributed by atoms with Crippen LogP contribution in [0.5, 0.6) is 0 Å². The summed E-state index contributed by atoms with van der Waals surface area (Å²) in [6, 6.07) is 0.383. The molecule has 0 aliphatic heterocycles. The van der Waals surface area contributed by atoms with E-state index >= 15 is 0 Å². The number of imidazole rings is 1. The van der Waals surface area contributed by atoms with Crippen molar-refractivity contribution in [1.82, 2.24) is 9.55 Å². The smallest absolute Gasteiger partial charge is 0.108 e. The summed E-state index contributed by atoms with van der Waals surface area (Å²) in [7, 11) is 0. The second-order valence-electron chi connectivity index (χ2n) is 5.54. The van der Waals surface area contributed by atoms with Crippen molar-refractivity contribution < 1.29 is 5.11 Å². The lowest BCUT2D eigenvalue weighted by atomic mass is 9.72. The zero-order chi connectivity index (χ0) is 11.8. The Hall–Kier alpha value is -0.830. The Morgan fingerprint density at radius 2 is 2.31 bits per heavy atom. The van der Waals surface area contributed by atoms with Gasteiger partial charge >= 0.3 is 0 Å². The topological polar surface area (TPSA) is 38.0 Å². The van der Waals surface area contributed by atoms with E-state index in [9.17, 15) is 5.11 Å². The molecule has 2 rings (SSSR count). The maximum atomic E-state index is 9.84. The van der Waals surface area contributed by atoms with Gasteiger partial charge < -0.3 is 9.67 Å². The Balaban J connectivity index is 2.30. The van der Waals surface area contributed by atoms with Crippen molar-refractivity contribution in [2.24, 2.45) is 5.41 Å². The molecule has 16 heavy (non-hydrogen) atoms. The first-order valence-electron chi connectivity index (χ1n) is 6.24. The minimum atomic E-state index is -0.148. The van der Waals surface area contributed by atoms with Gasteiger partial charge in [0.25, 0.3) is 0 Å². The molecule has 1 aromatic rings. The minimum absolute atomic E-state index is 0.148. The molecule has 1 N–H and O–H groups in total. The Morgan fingerprint density at radius 3 is 3.00 bits per heavy atom. The molecule has 2 atom stereocenters. The number of hydrogen-bond donors (Lipinski definition) is 1. The second kappa shape index (κ2) is 4.21. The second-order valence-corrected chi connectivity index (χ2v) is 5.54. The molecule has 90 valence electrons. The highest BCUT2D eigenvalue weighted by Gasteiger charge is 2.37. The third-order valence-corrected chi connectivity index (χ3v) is 3.92. The van der Waals surface area contributed by atoms with Gasteiger partial charge in [0, 0.05) is 24.9 Å². The van der Waals surface area contributed by atoms with Crippen LogP contribution in [-0.2, 0) is 6.42 Å². The Morgan fingerprint density at radius 1 is 1.56 bits per heavy atom. The van der Waals surface area contributed by atoms with Gasteiger partial charge in [-0.25, -0.2) is 4.98 Å². The van der Waals surface area contributed by atoms with Crippen LogP contribution in [-0.4, -0.2) is 20.8 Å². The molecule has 0 amide bonds. The summed E-state index contributed by atoms with van der Waals surface area (Å²) in [6.45, 7) is 6.72. The van der Waals surface area contributed by atoms with Gasteiger partial charge in [0.2, 0.25) is 0 Å². The Bertz CT molecular complexity index is 357. The lowest BCUT2D eigenvalue weighted by Gasteiger charge is -2.42. The molecule has 0 aromatic carbocycles. The zero-order valence-electron chi connectivity index (χ0n) is 10.5. The van der Waals surface area contributed by atoms with Crippen LogP contribution >= 0.6 is 0 Å². The molecule has 0 radical (unpaired) electrons. The largest absolute Gasteiger partial charge is 0.393 e. The molecule has 1 aliphatic carbocycles. The fourth-order valence-corrected chi connectivity index (χ4v) is 2.79. The summed E-state index contributed by atoms with van der Waals surface area (Å²) in [5, 5.41) is 9.84. The number of aryl methyl sites for hydroxylation is 1. The monoisotopic (exact) mass is 222 g/mol. The number of aliphatic hydroxyl groups excluding tert-OH is 1. The van der Waals surface area contributed by atoms with Crippen LogP contribution in [0.3, 0.4) is 0 Å². The zero-order valence-corrected chi connectivity index (χ0v) is 10.5. The van der Waals surface area contributed by atoms with E-state index in [0.717, 1.165) is 31.5 Å². The number of aliphatic hydroxyl groups is 1. The van der Waals surface area contributed by atoms with Crippen LogP contribution in [0.25, 0.3) is 0 Å². The van der Waals surface area contributed by atoms with Gasteiger partial charge in [-0.2, -0.15) is 0 Å². The predicted octanol–water partition coefficient (Wildman–Crippen LogP) is 2.56. The van der Waals surface area contributed by atoms with Gasteiger partial charge in [-0.15, -0.1) is 0 Å². The molecule has 0 bridgehead atoms. The molecule has 1 saturated carbocycles. The summed E-state index contributed by atoms with van der Waals surface area (Å²) in [5.41, 5.74) is 0.254. The molecule has 1 fully saturated rings. The number of nitrogens with zero attached hydrogens (tertiary/aromatic N) is 2. The van der Waals surface area contributed by atoms with Gasteiger partial charge in [-0.3, -0.25) is 0 Å². The van der Waals surface area contributed by atoms with Crippen molar-refractivity contribution in [3.8, 4) is 0 Å². The maximum absolute atomic E-state index is 9.84. The number of aromatic nitrogens is 2. The van der Waals surface area contributed by atoms with E-state index < -0.39 is 0 Å². The average Bonchev–Trinajstić information content (AvgIpc) is 2.69. The molecule has 3 nitrogen and oxygen atoms in total. The maximum Gasteiger partial charge on any atom is 0.108 e. The highest BCUT2D eigenvalue weighted by molar-refractivity contribution is 5.00. The summed E-state index contributed by atoms with van der Waals surface area (Å²) >= 11 is 0. The van der Waals surface area contributed by atoms with Crippen LogP contribution in [0.1, 0.15) is 51.9 Å². The van der Waals surface area contributed by atoms with Crippen LogP contribution < -0.4 is 0 Å². The van der Waals surface area contributed by atoms with E-state index in [2.05, 4.69) is 36.5 Å². The molecule has 1 aromatic heterocycles. The van der Waals surface area contributed by atoms with E-state index in [1.807, 2.05) is 6.20 Å². The fourth-order valence-electron chi connectivity index (χ4n) is 2.79. The highest BCUT2D eigenvalue weighted by atomic mass is 16.3. The van der Waals surface area contributed by atoms with Gasteiger partial charge in [0.15, 0.2) is 0 Å². The quantitative estimate of drug-likeness (QED) is 0.835. The van der Waals surface area contributed by atoms with Crippen LogP contribution in [0, 0.1) is 5.41 Å². The molecule has 1 heterocycles. The first-order chi connectivity index (χ1) is 7.54. The molecule has 2 unspecified atom stereocenters. The summed E-state index contributed by atoms with van der Waals surface area (Å²) in [4.78, 5) is 4.38. The molecule has 3 heteroatoms. The van der Waals surface area contributed by atoms with Gasteiger partial charge in [-0.05, 0) is 24.7 Å². The van der Waals surface area contributed by atoms with Crippen molar-refractivity contribution >= 4 is 0 Å². The lowest BCUT2D eigenvalue weighted by molar-refractivity contribution is 0.0332. The van der Waals surface area contributed by atoms with Crippen molar-refractivity contribution in [3.63, 3.8) is 0 Å². The van der Waals surface area contributed by atoms with Crippen LogP contribution in [0.15, 0.2) is 12.4 Å². The Labute approximate surface area is 97.5 Å². The first kappa shape index (κ1) is 11.6. The van der Waals surface area contributed by atoms with Gasteiger partial charge in [0.05, 0.1) is 6.10 Å². The van der Waals surface area contributed by atoms with E-state index in [4.69, 9.17) is 0 Å². The predicted molar refractivity (Wildman–Crippen MR) is 64.3 cm³/mol. The first-order valence-corrected chi connectivity index (χ1v) is 6.24. The van der Waals surface area contributed by atoms with E-state index in [-0.39, 0.29) is 11.5 Å². The van der Waals surface area contributed by atoms with Crippen molar-refractivity contribution in [1.29, 1.82) is 0 Å². The van der Waals surface area contributed by atoms with E-state index in [1.54, 1.807) is 0 Å². The summed E-state index contributed by atoms with van der Waals surface area (Å²) in [5.74, 6) is 1.13. The van der Waals surface area contributed by atoms with Gasteiger partial charge in [0.1, 0.15) is 5.82 Å². The van der Waals surface area contributed by atoms with Crippen molar-refractivity contribution in [2.75, 3.05) is 0 Å². The highest BCUT2D eigenvalue weighted by Crippen LogP contribution is 2.44. The van der Waals surface area contributed by atoms with E-state index in [1.165, 1.54) is 0 Å². The minimum Gasteiger partial charge on any atom is -0.393 e. The molecule has 0 spiro atoms. The SMILES string of the molecule is CCc1nccn1C1CC(O)CCC1(C)C. The lowest BCUT2D eigenvalue weighted by Crippen LogP contribution is -2.36. The molecule has 0 saturated heterocycles. The molecular formula is C13H22N2O. The van der Waals surface area contributed by atoms with E-state index in [0.29, 0.717) is 6.04 Å². The fraction of sp³-hybridized carbons (Fsp3) is 0.769. The van der Waals surface area contributed by atoms with Crippen molar-refractivity contribution in [3.05, 3.63) is 18.2 Å². The number of rotatable bonds is 2. The van der Waals surface area contributed by atoms with Crippen LogP contribution in [0.2, 0.25) is 0 Å². The van der Waals surface area contributed by atoms with Crippen molar-refractivity contribution in [2.45, 2.75) is 58.6 Å². The standard InChI is InChI=1S/C13H22N2O/c1-4-12-14-7-8-15(12)11-9-10(16)5-6-13(11,2)3/h7-8,10-11,16H,4-6,9H2,1-3H3. The Kier molecular flexibility index (Phi) is 3.06. The normalized spacial score (nSPS) is 29.2. The summed E-state index contributed by atoms with van der Waals surface area (Å²) < 4.78 is 2.27. The third kappa shape index (κ3) is 2.01. The average molecular weight is 222 g/mol. The molecule has 1 aliphatic rings. The third-order valence-electron chi connectivity index (χ3n) is 3.92. The molecular weight excluding hydrogens is 200 g/mol.